The Kier molecular flexibility index (Phi) is 9.36. The molecule has 0 bridgehead atoms. The molecule has 160 valence electrons. The smallest absolute Gasteiger partial charge is 0.328 e. The van der Waals surface area contributed by atoms with Gasteiger partial charge in [0.05, 0.1) is 13.5 Å². The lowest BCUT2D eigenvalue weighted by molar-refractivity contribution is -0.153. The lowest BCUT2D eigenvalue weighted by Gasteiger charge is -2.32. The molecule has 2 aliphatic rings. The van der Waals surface area contributed by atoms with Crippen molar-refractivity contribution < 1.29 is 18.7 Å². The van der Waals surface area contributed by atoms with Crippen LogP contribution in [0, 0.1) is 5.82 Å². The van der Waals surface area contributed by atoms with Crippen LogP contribution in [0.3, 0.4) is 0 Å². The van der Waals surface area contributed by atoms with Crippen molar-refractivity contribution in [3.8, 4) is 0 Å². The van der Waals surface area contributed by atoms with E-state index >= 15 is 0 Å². The molecule has 1 aliphatic heterocycles. The van der Waals surface area contributed by atoms with Gasteiger partial charge in [-0.3, -0.25) is 4.79 Å². The number of hydrogen-bond acceptors (Lipinski definition) is 3. The third kappa shape index (κ3) is 6.15. The van der Waals surface area contributed by atoms with Crippen LogP contribution in [0.2, 0.25) is 0 Å². The second-order valence-corrected chi connectivity index (χ2v) is 7.43. The Balaban J connectivity index is 0.00000145. The maximum absolute atomic E-state index is 13.6. The number of methoxy groups -OCH3 is 1. The number of amides is 1. The minimum Gasteiger partial charge on any atom is -0.467 e. The number of allylic oxidation sites excluding steroid dienone is 1. The highest BCUT2D eigenvalue weighted by atomic mass is 19.1. The van der Waals surface area contributed by atoms with Gasteiger partial charge in [-0.15, -0.1) is 0 Å². The maximum atomic E-state index is 13.6. The summed E-state index contributed by atoms with van der Waals surface area (Å²) in [5.74, 6) is -0.617. The highest BCUT2D eigenvalue weighted by Gasteiger charge is 2.31. The molecular weight excluding hydrogens is 369 g/mol. The summed E-state index contributed by atoms with van der Waals surface area (Å²) in [7, 11) is 1.38. The lowest BCUT2D eigenvalue weighted by atomic mass is 9.95. The van der Waals surface area contributed by atoms with Crippen LogP contribution in [0.5, 0.6) is 0 Å². The fourth-order valence-corrected chi connectivity index (χ4v) is 4.16. The van der Waals surface area contributed by atoms with Gasteiger partial charge in [0.25, 0.3) is 0 Å². The molecule has 5 heteroatoms. The quantitative estimate of drug-likeness (QED) is 0.644. The van der Waals surface area contributed by atoms with Crippen molar-refractivity contribution in [2.75, 3.05) is 13.7 Å². The molecule has 0 N–H and O–H groups in total. The molecule has 0 saturated carbocycles. The zero-order valence-electron chi connectivity index (χ0n) is 18.0. The van der Waals surface area contributed by atoms with E-state index in [-0.39, 0.29) is 24.1 Å². The molecule has 0 unspecified atom stereocenters. The van der Waals surface area contributed by atoms with Crippen LogP contribution in [0.4, 0.5) is 4.39 Å². The van der Waals surface area contributed by atoms with E-state index in [1.807, 2.05) is 13.8 Å². The predicted octanol–water partition coefficient (Wildman–Crippen LogP) is 5.30. The van der Waals surface area contributed by atoms with E-state index in [4.69, 9.17) is 4.74 Å². The molecule has 3 rings (SSSR count). The Morgan fingerprint density at radius 2 is 1.90 bits per heavy atom. The number of carbonyl (C=O) groups excluding carboxylic acids is 2. The number of aryl methyl sites for hydroxylation is 1. The minimum absolute atomic E-state index is 0.0456. The SMILES string of the molecule is CC.COC(=O)[C@@H]1CCCCCCN1C(=O)CC1=CCCCc2cc(F)ccc21. The summed E-state index contributed by atoms with van der Waals surface area (Å²) in [4.78, 5) is 27.1. The average Bonchev–Trinajstić information content (AvgIpc) is 2.90. The molecule has 0 radical (unpaired) electrons. The van der Waals surface area contributed by atoms with Gasteiger partial charge in [0, 0.05) is 6.54 Å². The van der Waals surface area contributed by atoms with Crippen LogP contribution in [-0.4, -0.2) is 36.5 Å². The first-order valence-corrected chi connectivity index (χ1v) is 11.0. The highest BCUT2D eigenvalue weighted by Crippen LogP contribution is 2.30. The van der Waals surface area contributed by atoms with Gasteiger partial charge in [0.2, 0.25) is 5.91 Å². The monoisotopic (exact) mass is 403 g/mol. The van der Waals surface area contributed by atoms with Gasteiger partial charge in [-0.2, -0.15) is 0 Å². The standard InChI is InChI=1S/C22H28FNO3.C2H6/c1-27-22(26)20-10-4-2-3-7-13-24(20)21(25)15-17-9-6-5-8-16-14-18(23)11-12-19(16)17;1-2/h9,11-12,14,20H,2-8,10,13,15H2,1H3;1-2H3/t20-;/m0./s1. The molecule has 1 heterocycles. The van der Waals surface area contributed by atoms with Crippen molar-refractivity contribution in [2.45, 2.75) is 77.7 Å². The van der Waals surface area contributed by atoms with Crippen LogP contribution < -0.4 is 0 Å². The maximum Gasteiger partial charge on any atom is 0.328 e. The summed E-state index contributed by atoms with van der Waals surface area (Å²) < 4.78 is 18.6. The van der Waals surface area contributed by atoms with Gasteiger partial charge < -0.3 is 9.64 Å². The third-order valence-corrected chi connectivity index (χ3v) is 5.59. The number of ether oxygens (including phenoxy) is 1. The second-order valence-electron chi connectivity index (χ2n) is 7.43. The van der Waals surface area contributed by atoms with E-state index in [1.54, 1.807) is 17.0 Å². The van der Waals surface area contributed by atoms with Crippen LogP contribution in [0.1, 0.15) is 76.3 Å². The number of fused-ring (bicyclic) bond motifs is 1. The van der Waals surface area contributed by atoms with Crippen LogP contribution in [0.25, 0.3) is 5.57 Å². The average molecular weight is 404 g/mol. The highest BCUT2D eigenvalue weighted by molar-refractivity contribution is 5.92. The van der Waals surface area contributed by atoms with Gasteiger partial charge in [-0.25, -0.2) is 9.18 Å². The van der Waals surface area contributed by atoms with E-state index in [1.165, 1.54) is 13.2 Å². The number of likely N-dealkylation sites (tertiary alicyclic amines) is 1. The largest absolute Gasteiger partial charge is 0.467 e. The van der Waals surface area contributed by atoms with E-state index in [2.05, 4.69) is 6.08 Å². The molecular formula is C24H34FNO3. The first-order valence-electron chi connectivity index (χ1n) is 11.0. The molecule has 4 nitrogen and oxygen atoms in total. The fraction of sp³-hybridized carbons (Fsp3) is 0.583. The molecule has 1 amide bonds. The third-order valence-electron chi connectivity index (χ3n) is 5.59. The fourth-order valence-electron chi connectivity index (χ4n) is 4.16. The second kappa shape index (κ2) is 11.7. The van der Waals surface area contributed by atoms with Gasteiger partial charge in [-0.1, -0.05) is 45.3 Å². The number of halogens is 1. The first-order chi connectivity index (χ1) is 14.1. The minimum atomic E-state index is -0.498. The molecule has 0 spiro atoms. The lowest BCUT2D eigenvalue weighted by Crippen LogP contribution is -2.46. The van der Waals surface area contributed by atoms with E-state index < -0.39 is 6.04 Å². The summed E-state index contributed by atoms with van der Waals surface area (Å²) in [6, 6.07) is 4.31. The number of hydrogen-bond donors (Lipinski definition) is 0. The van der Waals surface area contributed by atoms with Crippen LogP contribution in [-0.2, 0) is 20.7 Å². The summed E-state index contributed by atoms with van der Waals surface area (Å²) >= 11 is 0. The van der Waals surface area contributed by atoms with Crippen LogP contribution >= 0.6 is 0 Å². The Morgan fingerprint density at radius 1 is 1.14 bits per heavy atom. The zero-order chi connectivity index (χ0) is 21.2. The number of nitrogens with zero attached hydrogens (tertiary/aromatic N) is 1. The normalized spacial score (nSPS) is 19.4. The Morgan fingerprint density at radius 3 is 2.66 bits per heavy atom. The molecule has 1 saturated heterocycles. The zero-order valence-corrected chi connectivity index (χ0v) is 18.0. The number of esters is 1. The Bertz CT molecular complexity index is 729. The Hall–Kier alpha value is -2.17. The van der Waals surface area contributed by atoms with Crippen molar-refractivity contribution in [3.63, 3.8) is 0 Å². The topological polar surface area (TPSA) is 46.6 Å². The van der Waals surface area contributed by atoms with Gasteiger partial charge in [0.15, 0.2) is 0 Å². The van der Waals surface area contributed by atoms with Crippen molar-refractivity contribution >= 4 is 17.4 Å². The molecule has 1 aromatic carbocycles. The molecule has 1 aliphatic carbocycles. The van der Waals surface area contributed by atoms with Crippen molar-refractivity contribution in [1.82, 2.24) is 4.90 Å². The summed E-state index contributed by atoms with van der Waals surface area (Å²) in [6.45, 7) is 4.59. The molecule has 29 heavy (non-hydrogen) atoms. The van der Waals surface area contributed by atoms with Crippen LogP contribution in [0.15, 0.2) is 24.3 Å². The molecule has 0 aromatic heterocycles. The summed E-state index contributed by atoms with van der Waals surface area (Å²) in [5.41, 5.74) is 2.87. The van der Waals surface area contributed by atoms with Crippen molar-refractivity contribution in [2.24, 2.45) is 0 Å². The van der Waals surface area contributed by atoms with Crippen molar-refractivity contribution in [1.29, 1.82) is 0 Å². The predicted molar refractivity (Wildman–Crippen MR) is 114 cm³/mol. The number of benzene rings is 1. The van der Waals surface area contributed by atoms with Gasteiger partial charge in [0.1, 0.15) is 11.9 Å². The summed E-state index contributed by atoms with van der Waals surface area (Å²) in [5, 5.41) is 0. The van der Waals surface area contributed by atoms with Crippen molar-refractivity contribution in [3.05, 3.63) is 41.2 Å². The molecule has 1 fully saturated rings. The number of carbonyl (C=O) groups is 2. The van der Waals surface area contributed by atoms with E-state index in [9.17, 15) is 14.0 Å². The molecule has 1 atom stereocenters. The van der Waals surface area contributed by atoms with Gasteiger partial charge >= 0.3 is 5.97 Å². The van der Waals surface area contributed by atoms with E-state index in [0.29, 0.717) is 13.0 Å². The van der Waals surface area contributed by atoms with E-state index in [0.717, 1.165) is 61.6 Å². The van der Waals surface area contributed by atoms with Gasteiger partial charge in [-0.05, 0) is 60.9 Å². The number of rotatable bonds is 3. The molecule has 1 aromatic rings. The Labute approximate surface area is 174 Å². The summed E-state index contributed by atoms with van der Waals surface area (Å²) in [6.07, 6.45) is 9.61. The first kappa shape index (κ1) is 23.1.